The molecule has 2 amide bonds. The van der Waals surface area contributed by atoms with Crippen molar-refractivity contribution in [2.45, 2.75) is 37.3 Å². The number of benzene rings is 2. The van der Waals surface area contributed by atoms with Crippen LogP contribution in [0, 0.1) is 0 Å². The van der Waals surface area contributed by atoms with E-state index in [1.54, 1.807) is 0 Å². The first kappa shape index (κ1) is 16.2. The minimum absolute atomic E-state index is 0.0666. The highest BCUT2D eigenvalue weighted by atomic mass is 16.5. The van der Waals surface area contributed by atoms with Crippen LogP contribution in [0.25, 0.3) is 0 Å². The highest BCUT2D eigenvalue weighted by Gasteiger charge is 2.27. The van der Waals surface area contributed by atoms with E-state index in [4.69, 9.17) is 4.74 Å². The molecule has 0 radical (unpaired) electrons. The lowest BCUT2D eigenvalue weighted by Crippen LogP contribution is -2.46. The third kappa shape index (κ3) is 3.69. The Morgan fingerprint density at radius 3 is 2.72 bits per heavy atom. The molecule has 2 aromatic carbocycles. The minimum Gasteiger partial charge on any atom is -0.373 e. The maximum absolute atomic E-state index is 12.2. The van der Waals surface area contributed by atoms with Crippen molar-refractivity contribution < 1.29 is 9.53 Å². The molecule has 0 spiro atoms. The van der Waals surface area contributed by atoms with Crippen LogP contribution in [0.5, 0.6) is 0 Å². The molecule has 4 nitrogen and oxygen atoms in total. The second-order valence-electron chi connectivity index (χ2n) is 6.95. The Hall–Kier alpha value is -2.33. The normalized spacial score (nSPS) is 24.7. The van der Waals surface area contributed by atoms with Crippen LogP contribution < -0.4 is 10.6 Å². The van der Waals surface area contributed by atoms with Crippen molar-refractivity contribution in [1.29, 1.82) is 0 Å². The largest absolute Gasteiger partial charge is 0.373 e. The number of carbonyl (C=O) groups excluding carboxylic acids is 1. The van der Waals surface area contributed by atoms with E-state index in [9.17, 15) is 4.79 Å². The van der Waals surface area contributed by atoms with Gasteiger partial charge in [-0.15, -0.1) is 0 Å². The Morgan fingerprint density at radius 2 is 1.88 bits per heavy atom. The van der Waals surface area contributed by atoms with Crippen LogP contribution in [0.15, 0.2) is 54.6 Å². The summed E-state index contributed by atoms with van der Waals surface area (Å²) in [5, 5.41) is 6.15. The molecule has 1 saturated heterocycles. The predicted octanol–water partition coefficient (Wildman–Crippen LogP) is 3.55. The number of carbonyl (C=O) groups is 1. The average molecular weight is 336 g/mol. The predicted molar refractivity (Wildman–Crippen MR) is 97.6 cm³/mol. The van der Waals surface area contributed by atoms with E-state index < -0.39 is 0 Å². The van der Waals surface area contributed by atoms with Gasteiger partial charge in [0.05, 0.1) is 6.10 Å². The van der Waals surface area contributed by atoms with Gasteiger partial charge >= 0.3 is 6.03 Å². The second-order valence-corrected chi connectivity index (χ2v) is 6.95. The fourth-order valence-corrected chi connectivity index (χ4v) is 3.83. The van der Waals surface area contributed by atoms with E-state index in [0.717, 1.165) is 19.3 Å². The van der Waals surface area contributed by atoms with Gasteiger partial charge in [0, 0.05) is 25.1 Å². The van der Waals surface area contributed by atoms with E-state index >= 15 is 0 Å². The molecule has 130 valence electrons. The van der Waals surface area contributed by atoms with Crippen molar-refractivity contribution in [3.63, 3.8) is 0 Å². The topological polar surface area (TPSA) is 50.4 Å². The van der Waals surface area contributed by atoms with E-state index in [1.165, 1.54) is 16.7 Å². The van der Waals surface area contributed by atoms with Crippen LogP contribution in [0.4, 0.5) is 4.79 Å². The van der Waals surface area contributed by atoms with Gasteiger partial charge in [-0.25, -0.2) is 4.79 Å². The van der Waals surface area contributed by atoms with Crippen LogP contribution in [-0.2, 0) is 11.2 Å². The molecule has 1 aliphatic heterocycles. The number of nitrogens with one attached hydrogen (secondary N) is 2. The monoisotopic (exact) mass is 336 g/mol. The Bertz CT molecular complexity index is 732. The summed E-state index contributed by atoms with van der Waals surface area (Å²) < 4.78 is 5.87. The molecule has 25 heavy (non-hydrogen) atoms. The van der Waals surface area contributed by atoms with E-state index in [0.29, 0.717) is 19.1 Å². The van der Waals surface area contributed by atoms with Crippen molar-refractivity contribution in [3.8, 4) is 0 Å². The molecule has 1 fully saturated rings. The van der Waals surface area contributed by atoms with E-state index in [-0.39, 0.29) is 18.2 Å². The lowest BCUT2D eigenvalue weighted by atomic mass is 9.78. The van der Waals surface area contributed by atoms with Crippen molar-refractivity contribution in [3.05, 3.63) is 71.3 Å². The quantitative estimate of drug-likeness (QED) is 0.897. The molecule has 0 saturated carbocycles. The first-order valence-corrected chi connectivity index (χ1v) is 9.08. The molecule has 4 rings (SSSR count). The Morgan fingerprint density at radius 1 is 1.08 bits per heavy atom. The first-order chi connectivity index (χ1) is 12.3. The minimum atomic E-state index is -0.0666. The van der Waals surface area contributed by atoms with Crippen LogP contribution in [0.1, 0.15) is 41.6 Å². The molecule has 0 bridgehead atoms. The molecular formula is C21H24N2O2. The summed E-state index contributed by atoms with van der Waals surface area (Å²) in [6.45, 7) is 1.38. The fourth-order valence-electron chi connectivity index (χ4n) is 3.83. The molecule has 2 aromatic rings. The molecule has 0 aromatic heterocycles. The average Bonchev–Trinajstić information content (AvgIpc) is 2.63. The molecule has 1 heterocycles. The molecular weight excluding hydrogens is 312 g/mol. The number of urea groups is 1. The van der Waals surface area contributed by atoms with Gasteiger partial charge in [-0.05, 0) is 36.0 Å². The van der Waals surface area contributed by atoms with Gasteiger partial charge in [0.1, 0.15) is 0 Å². The van der Waals surface area contributed by atoms with Gasteiger partial charge in [-0.1, -0.05) is 54.6 Å². The maximum Gasteiger partial charge on any atom is 0.315 e. The summed E-state index contributed by atoms with van der Waals surface area (Å²) in [6.07, 6.45) is 2.81. The molecule has 0 unspecified atom stereocenters. The van der Waals surface area contributed by atoms with Crippen LogP contribution >= 0.6 is 0 Å². The van der Waals surface area contributed by atoms with Crippen molar-refractivity contribution in [2.75, 3.05) is 13.2 Å². The fraction of sp³-hybridized carbons (Fsp3) is 0.381. The number of hydrogen-bond donors (Lipinski definition) is 2. The second kappa shape index (κ2) is 7.28. The summed E-state index contributed by atoms with van der Waals surface area (Å²) in [5.74, 6) is 0.453. The lowest BCUT2D eigenvalue weighted by molar-refractivity contribution is 0.00226. The zero-order chi connectivity index (χ0) is 17.1. The molecule has 3 atom stereocenters. The van der Waals surface area contributed by atoms with Crippen molar-refractivity contribution in [2.24, 2.45) is 0 Å². The Kier molecular flexibility index (Phi) is 4.70. The Balaban J connectivity index is 1.25. The summed E-state index contributed by atoms with van der Waals surface area (Å²) >= 11 is 0. The zero-order valence-electron chi connectivity index (χ0n) is 14.3. The Labute approximate surface area is 148 Å². The summed E-state index contributed by atoms with van der Waals surface area (Å²) in [7, 11) is 0. The van der Waals surface area contributed by atoms with Crippen LogP contribution in [0.2, 0.25) is 0 Å². The third-order valence-electron chi connectivity index (χ3n) is 5.26. The van der Waals surface area contributed by atoms with Gasteiger partial charge < -0.3 is 15.4 Å². The SMILES string of the molecule is O=C(NC[C@@H]1Cc2ccccc21)N[C@@H]1CCO[C@H](c2ccccc2)C1. The lowest BCUT2D eigenvalue weighted by Gasteiger charge is -2.32. The first-order valence-electron chi connectivity index (χ1n) is 9.08. The molecule has 2 N–H and O–H groups in total. The van der Waals surface area contributed by atoms with Crippen molar-refractivity contribution in [1.82, 2.24) is 10.6 Å². The van der Waals surface area contributed by atoms with Gasteiger partial charge in [0.2, 0.25) is 0 Å². The third-order valence-corrected chi connectivity index (χ3v) is 5.26. The van der Waals surface area contributed by atoms with Gasteiger partial charge in [0.25, 0.3) is 0 Å². The van der Waals surface area contributed by atoms with Crippen LogP contribution in [0.3, 0.4) is 0 Å². The smallest absolute Gasteiger partial charge is 0.315 e. The van der Waals surface area contributed by atoms with Gasteiger partial charge in [-0.3, -0.25) is 0 Å². The summed E-state index contributed by atoms with van der Waals surface area (Å²) in [4.78, 5) is 12.2. The van der Waals surface area contributed by atoms with E-state index in [2.05, 4.69) is 47.0 Å². The van der Waals surface area contributed by atoms with Gasteiger partial charge in [0.15, 0.2) is 0 Å². The number of rotatable bonds is 4. The van der Waals surface area contributed by atoms with E-state index in [1.807, 2.05) is 18.2 Å². The van der Waals surface area contributed by atoms with Crippen molar-refractivity contribution >= 4 is 6.03 Å². The van der Waals surface area contributed by atoms with Gasteiger partial charge in [-0.2, -0.15) is 0 Å². The highest BCUT2D eigenvalue weighted by Crippen LogP contribution is 2.34. The summed E-state index contributed by atoms with van der Waals surface area (Å²) in [5.41, 5.74) is 3.96. The van der Waals surface area contributed by atoms with Crippen LogP contribution in [-0.4, -0.2) is 25.2 Å². The molecule has 4 heteroatoms. The number of hydrogen-bond acceptors (Lipinski definition) is 2. The standard InChI is InChI=1S/C21H24N2O2/c24-21(22-14-17-12-16-8-4-5-9-19(16)17)23-18-10-11-25-20(13-18)15-6-2-1-3-7-15/h1-9,17-18,20H,10-14H2,(H2,22,23,24)/t17-,18+,20-/m0/s1. The number of ether oxygens (including phenoxy) is 1. The number of amides is 2. The maximum atomic E-state index is 12.2. The highest BCUT2D eigenvalue weighted by molar-refractivity contribution is 5.74. The molecule has 1 aliphatic carbocycles. The summed E-state index contributed by atoms with van der Waals surface area (Å²) in [6, 6.07) is 18.8. The molecule has 2 aliphatic rings. The number of fused-ring (bicyclic) bond motifs is 1. The zero-order valence-corrected chi connectivity index (χ0v) is 14.3.